The molecule has 0 bridgehead atoms. The standard InChI is InChI=1S/C17H20N4S/c1-20(2)12-9-10-15(21(3)4)16(11-12)22-17-18-13-7-5-6-8-14(13)19-17/h5-11H,1-4H3,(H,18,19). The van der Waals surface area contributed by atoms with Gasteiger partial charge in [-0.2, -0.15) is 0 Å². The van der Waals surface area contributed by atoms with Crippen molar-refractivity contribution in [3.8, 4) is 0 Å². The Kier molecular flexibility index (Phi) is 3.98. The molecule has 0 aliphatic heterocycles. The minimum atomic E-state index is 0.917. The number of aromatic nitrogens is 2. The number of fused-ring (bicyclic) bond motifs is 1. The van der Waals surface area contributed by atoms with Crippen LogP contribution in [0.2, 0.25) is 0 Å². The molecule has 0 aliphatic carbocycles. The maximum atomic E-state index is 4.66. The van der Waals surface area contributed by atoms with E-state index in [1.807, 2.05) is 18.2 Å². The molecular formula is C17H20N4S. The summed E-state index contributed by atoms with van der Waals surface area (Å²) in [6.07, 6.45) is 0. The molecular weight excluding hydrogens is 292 g/mol. The fraction of sp³-hybridized carbons (Fsp3) is 0.235. The van der Waals surface area contributed by atoms with Crippen LogP contribution in [0.5, 0.6) is 0 Å². The summed E-state index contributed by atoms with van der Waals surface area (Å²) in [6.45, 7) is 0. The lowest BCUT2D eigenvalue weighted by Gasteiger charge is -2.20. The van der Waals surface area contributed by atoms with Crippen molar-refractivity contribution in [2.24, 2.45) is 0 Å². The predicted molar refractivity (Wildman–Crippen MR) is 95.3 cm³/mol. The zero-order chi connectivity index (χ0) is 15.7. The predicted octanol–water partition coefficient (Wildman–Crippen LogP) is 3.85. The van der Waals surface area contributed by atoms with E-state index in [1.165, 1.54) is 16.3 Å². The van der Waals surface area contributed by atoms with E-state index >= 15 is 0 Å². The molecule has 0 radical (unpaired) electrons. The van der Waals surface area contributed by atoms with Crippen LogP contribution < -0.4 is 9.80 Å². The third-order valence-electron chi connectivity index (χ3n) is 3.52. The second-order valence-corrected chi connectivity index (χ2v) is 6.63. The van der Waals surface area contributed by atoms with Crippen molar-refractivity contribution >= 4 is 34.2 Å². The number of H-pyrrole nitrogens is 1. The number of nitrogens with one attached hydrogen (secondary N) is 1. The highest BCUT2D eigenvalue weighted by molar-refractivity contribution is 7.99. The fourth-order valence-electron chi connectivity index (χ4n) is 2.31. The summed E-state index contributed by atoms with van der Waals surface area (Å²) in [5, 5.41) is 0.917. The molecule has 0 fully saturated rings. The Balaban J connectivity index is 2.00. The summed E-state index contributed by atoms with van der Waals surface area (Å²) in [7, 11) is 8.24. The monoisotopic (exact) mass is 312 g/mol. The van der Waals surface area contributed by atoms with Gasteiger partial charge in [0.05, 0.1) is 16.7 Å². The summed E-state index contributed by atoms with van der Waals surface area (Å²) < 4.78 is 0. The molecule has 0 unspecified atom stereocenters. The van der Waals surface area contributed by atoms with Crippen LogP contribution in [0.15, 0.2) is 52.5 Å². The van der Waals surface area contributed by atoms with E-state index in [4.69, 9.17) is 0 Å². The highest BCUT2D eigenvalue weighted by Crippen LogP contribution is 2.36. The van der Waals surface area contributed by atoms with Gasteiger partial charge in [-0.3, -0.25) is 0 Å². The maximum absolute atomic E-state index is 4.66. The third kappa shape index (κ3) is 2.90. The van der Waals surface area contributed by atoms with Gasteiger partial charge in [-0.15, -0.1) is 0 Å². The second kappa shape index (κ2) is 5.93. The Morgan fingerprint density at radius 2 is 1.73 bits per heavy atom. The molecule has 0 saturated carbocycles. The van der Waals surface area contributed by atoms with E-state index < -0.39 is 0 Å². The molecule has 0 amide bonds. The van der Waals surface area contributed by atoms with E-state index in [-0.39, 0.29) is 0 Å². The number of aromatic amines is 1. The Hall–Kier alpha value is -2.14. The number of para-hydroxylation sites is 2. The average molecular weight is 312 g/mol. The summed E-state index contributed by atoms with van der Waals surface area (Å²) in [5.41, 5.74) is 4.45. The number of nitrogens with zero attached hydrogens (tertiary/aromatic N) is 3. The van der Waals surface area contributed by atoms with Gasteiger partial charge in [-0.1, -0.05) is 12.1 Å². The molecule has 1 heterocycles. The van der Waals surface area contributed by atoms with Crippen molar-refractivity contribution in [1.29, 1.82) is 0 Å². The van der Waals surface area contributed by atoms with E-state index in [9.17, 15) is 0 Å². The fourth-order valence-corrected chi connectivity index (χ4v) is 3.36. The Labute approximate surface area is 135 Å². The number of imidazole rings is 1. The van der Waals surface area contributed by atoms with Crippen molar-refractivity contribution in [2.45, 2.75) is 10.1 Å². The van der Waals surface area contributed by atoms with Crippen molar-refractivity contribution in [3.05, 3.63) is 42.5 Å². The van der Waals surface area contributed by atoms with E-state index in [0.29, 0.717) is 0 Å². The van der Waals surface area contributed by atoms with Crippen LogP contribution in [0.1, 0.15) is 0 Å². The molecule has 3 rings (SSSR count). The van der Waals surface area contributed by atoms with Crippen LogP contribution in [-0.4, -0.2) is 38.2 Å². The van der Waals surface area contributed by atoms with Gasteiger partial charge in [-0.25, -0.2) is 4.98 Å². The van der Waals surface area contributed by atoms with Gasteiger partial charge in [-0.05, 0) is 42.1 Å². The SMILES string of the molecule is CN(C)c1ccc(N(C)C)c(Sc2nc3ccccc3[nH]2)c1. The minimum Gasteiger partial charge on any atom is -0.378 e. The topological polar surface area (TPSA) is 35.2 Å². The lowest BCUT2D eigenvalue weighted by molar-refractivity contribution is 1.06. The summed E-state index contributed by atoms with van der Waals surface area (Å²) >= 11 is 1.66. The van der Waals surface area contributed by atoms with Crippen LogP contribution in [0.4, 0.5) is 11.4 Å². The summed E-state index contributed by atoms with van der Waals surface area (Å²) in [5.74, 6) is 0. The molecule has 0 aliphatic rings. The molecule has 1 N–H and O–H groups in total. The van der Waals surface area contributed by atoms with Crippen LogP contribution in [-0.2, 0) is 0 Å². The normalized spacial score (nSPS) is 10.9. The van der Waals surface area contributed by atoms with Gasteiger partial charge in [0.1, 0.15) is 0 Å². The molecule has 22 heavy (non-hydrogen) atoms. The molecule has 4 nitrogen and oxygen atoms in total. The van der Waals surface area contributed by atoms with Crippen molar-refractivity contribution < 1.29 is 0 Å². The van der Waals surface area contributed by atoms with Gasteiger partial charge in [0.25, 0.3) is 0 Å². The number of rotatable bonds is 4. The Morgan fingerprint density at radius 3 is 2.41 bits per heavy atom. The summed E-state index contributed by atoms with van der Waals surface area (Å²) in [6, 6.07) is 14.6. The minimum absolute atomic E-state index is 0.917. The molecule has 0 saturated heterocycles. The van der Waals surface area contributed by atoms with Gasteiger partial charge in [0.2, 0.25) is 0 Å². The molecule has 1 aromatic heterocycles. The molecule has 0 atom stereocenters. The van der Waals surface area contributed by atoms with Crippen LogP contribution in [0, 0.1) is 0 Å². The van der Waals surface area contributed by atoms with Crippen LogP contribution in [0.25, 0.3) is 11.0 Å². The molecule has 0 spiro atoms. The lowest BCUT2D eigenvalue weighted by atomic mass is 10.2. The van der Waals surface area contributed by atoms with E-state index in [2.05, 4.69) is 72.2 Å². The van der Waals surface area contributed by atoms with Gasteiger partial charge in [0.15, 0.2) is 5.16 Å². The Morgan fingerprint density at radius 1 is 0.955 bits per heavy atom. The number of hydrogen-bond acceptors (Lipinski definition) is 4. The first-order chi connectivity index (χ1) is 10.5. The summed E-state index contributed by atoms with van der Waals surface area (Å²) in [4.78, 5) is 13.5. The quantitative estimate of drug-likeness (QED) is 0.794. The van der Waals surface area contributed by atoms with Gasteiger partial charge < -0.3 is 14.8 Å². The van der Waals surface area contributed by atoms with Gasteiger partial charge in [0, 0.05) is 38.8 Å². The molecule has 114 valence electrons. The number of hydrogen-bond donors (Lipinski definition) is 1. The van der Waals surface area contributed by atoms with E-state index in [1.54, 1.807) is 11.8 Å². The Bertz CT molecular complexity index is 759. The zero-order valence-electron chi connectivity index (χ0n) is 13.3. The first-order valence-electron chi connectivity index (χ1n) is 7.16. The van der Waals surface area contributed by atoms with Crippen molar-refractivity contribution in [3.63, 3.8) is 0 Å². The van der Waals surface area contributed by atoms with Crippen molar-refractivity contribution in [2.75, 3.05) is 38.0 Å². The van der Waals surface area contributed by atoms with Crippen LogP contribution in [0.3, 0.4) is 0 Å². The number of anilines is 2. The zero-order valence-corrected chi connectivity index (χ0v) is 14.1. The highest BCUT2D eigenvalue weighted by atomic mass is 32.2. The first kappa shape index (κ1) is 14.8. The largest absolute Gasteiger partial charge is 0.378 e. The average Bonchev–Trinajstić information content (AvgIpc) is 2.89. The second-order valence-electron chi connectivity index (χ2n) is 5.60. The van der Waals surface area contributed by atoms with Crippen molar-refractivity contribution in [1.82, 2.24) is 9.97 Å². The molecule has 5 heteroatoms. The smallest absolute Gasteiger partial charge is 0.171 e. The van der Waals surface area contributed by atoms with Crippen LogP contribution >= 0.6 is 11.8 Å². The third-order valence-corrected chi connectivity index (χ3v) is 4.45. The number of benzene rings is 2. The molecule has 3 aromatic rings. The van der Waals surface area contributed by atoms with E-state index in [0.717, 1.165) is 16.2 Å². The highest BCUT2D eigenvalue weighted by Gasteiger charge is 2.11. The molecule has 2 aromatic carbocycles. The van der Waals surface area contributed by atoms with Gasteiger partial charge >= 0.3 is 0 Å². The first-order valence-corrected chi connectivity index (χ1v) is 7.97. The maximum Gasteiger partial charge on any atom is 0.171 e. The lowest BCUT2D eigenvalue weighted by Crippen LogP contribution is -2.12.